The zero-order valence-corrected chi connectivity index (χ0v) is 13.5. The molecule has 1 aromatic heterocycles. The van der Waals surface area contributed by atoms with Crippen LogP contribution < -0.4 is 9.47 Å². The number of hydrogen-bond acceptors (Lipinski definition) is 5. The maximum absolute atomic E-state index is 14.1. The number of aliphatic hydroxyl groups is 1. The molecule has 0 aliphatic rings. The quantitative estimate of drug-likeness (QED) is 0.761. The number of aromatic nitrogens is 1. The molecule has 1 N–H and O–H groups in total. The van der Waals surface area contributed by atoms with E-state index in [0.29, 0.717) is 17.1 Å². The molecule has 25 heavy (non-hydrogen) atoms. The van der Waals surface area contributed by atoms with Crippen molar-refractivity contribution in [2.45, 2.75) is 6.61 Å². The number of halogens is 2. The molecule has 0 fully saturated rings. The van der Waals surface area contributed by atoms with Gasteiger partial charge in [0, 0.05) is 11.6 Å². The van der Waals surface area contributed by atoms with E-state index < -0.39 is 18.2 Å². The highest BCUT2D eigenvalue weighted by atomic mass is 19.1. The number of hydrogen-bond donors (Lipinski definition) is 1. The van der Waals surface area contributed by atoms with Gasteiger partial charge in [0.15, 0.2) is 5.76 Å². The van der Waals surface area contributed by atoms with Crippen molar-refractivity contribution in [1.29, 1.82) is 0 Å². The molecule has 7 heteroatoms. The predicted octanol–water partition coefficient (Wildman–Crippen LogP) is 3.80. The zero-order chi connectivity index (χ0) is 18.0. The van der Waals surface area contributed by atoms with Crippen LogP contribution in [0.2, 0.25) is 0 Å². The van der Waals surface area contributed by atoms with Crippen LogP contribution in [0.3, 0.4) is 0 Å². The maximum atomic E-state index is 14.1. The molecule has 0 radical (unpaired) electrons. The van der Waals surface area contributed by atoms with E-state index in [9.17, 15) is 13.9 Å². The largest absolute Gasteiger partial charge is 0.497 e. The van der Waals surface area contributed by atoms with Gasteiger partial charge in [0.25, 0.3) is 0 Å². The normalized spacial score (nSPS) is 10.8. The lowest BCUT2D eigenvalue weighted by Crippen LogP contribution is -1.94. The van der Waals surface area contributed by atoms with E-state index >= 15 is 0 Å². The summed E-state index contributed by atoms with van der Waals surface area (Å²) in [5, 5.41) is 13.6. The number of rotatable bonds is 5. The van der Waals surface area contributed by atoms with Crippen molar-refractivity contribution in [2.24, 2.45) is 0 Å². The van der Waals surface area contributed by atoms with Crippen molar-refractivity contribution in [2.75, 3.05) is 14.2 Å². The Morgan fingerprint density at radius 3 is 2.48 bits per heavy atom. The van der Waals surface area contributed by atoms with E-state index in [0.717, 1.165) is 12.1 Å². The molecular weight excluding hydrogens is 332 g/mol. The first-order chi connectivity index (χ1) is 12.1. The first-order valence-corrected chi connectivity index (χ1v) is 7.36. The molecule has 0 aliphatic heterocycles. The number of methoxy groups -OCH3 is 2. The molecule has 5 nitrogen and oxygen atoms in total. The standard InChI is InChI=1S/C18H15F2NO4/c1-23-11-4-6-16(24-2)13(8-11)18-14(9-22)17(21-25-18)12-5-3-10(19)7-15(12)20/h3-8,22H,9H2,1-2H3. The molecule has 0 aliphatic carbocycles. The Bertz CT molecular complexity index is 908. The van der Waals surface area contributed by atoms with E-state index in [-0.39, 0.29) is 22.6 Å². The Morgan fingerprint density at radius 1 is 1.04 bits per heavy atom. The number of benzene rings is 2. The van der Waals surface area contributed by atoms with Crippen LogP contribution >= 0.6 is 0 Å². The summed E-state index contributed by atoms with van der Waals surface area (Å²) in [5.41, 5.74) is 0.881. The van der Waals surface area contributed by atoms with Crippen molar-refractivity contribution < 1.29 is 27.9 Å². The van der Waals surface area contributed by atoms with Crippen LogP contribution in [0, 0.1) is 11.6 Å². The summed E-state index contributed by atoms with van der Waals surface area (Å²) in [6.07, 6.45) is 0. The van der Waals surface area contributed by atoms with Crippen LogP contribution in [0.5, 0.6) is 11.5 Å². The Labute approximate surface area is 142 Å². The molecule has 130 valence electrons. The SMILES string of the molecule is COc1ccc(OC)c(-c2onc(-c3ccc(F)cc3F)c2CO)c1. The molecule has 3 aromatic rings. The summed E-state index contributed by atoms with van der Waals surface area (Å²) < 4.78 is 43.1. The Kier molecular flexibility index (Phi) is 4.67. The van der Waals surface area contributed by atoms with Crippen LogP contribution in [-0.4, -0.2) is 24.5 Å². The first-order valence-electron chi connectivity index (χ1n) is 7.36. The second-order valence-corrected chi connectivity index (χ2v) is 5.19. The third kappa shape index (κ3) is 3.06. The molecule has 0 atom stereocenters. The third-order valence-corrected chi connectivity index (χ3v) is 3.78. The molecule has 3 rings (SSSR count). The Morgan fingerprint density at radius 2 is 1.84 bits per heavy atom. The molecule has 0 saturated heterocycles. The van der Waals surface area contributed by atoms with Gasteiger partial charge in [-0.15, -0.1) is 0 Å². The van der Waals surface area contributed by atoms with Gasteiger partial charge in [0.2, 0.25) is 0 Å². The van der Waals surface area contributed by atoms with Crippen molar-refractivity contribution in [3.05, 3.63) is 53.6 Å². The van der Waals surface area contributed by atoms with Crippen molar-refractivity contribution in [3.63, 3.8) is 0 Å². The van der Waals surface area contributed by atoms with Crippen LogP contribution in [0.15, 0.2) is 40.9 Å². The summed E-state index contributed by atoms with van der Waals surface area (Å²) >= 11 is 0. The molecular formula is C18H15F2NO4. The van der Waals surface area contributed by atoms with E-state index in [1.807, 2.05) is 0 Å². The van der Waals surface area contributed by atoms with E-state index in [2.05, 4.69) is 5.16 Å². The van der Waals surface area contributed by atoms with Gasteiger partial charge >= 0.3 is 0 Å². The Hall–Kier alpha value is -2.93. The maximum Gasteiger partial charge on any atom is 0.176 e. The fourth-order valence-corrected chi connectivity index (χ4v) is 2.55. The molecule has 0 unspecified atom stereocenters. The van der Waals surface area contributed by atoms with Gasteiger partial charge in [0.1, 0.15) is 28.8 Å². The smallest absolute Gasteiger partial charge is 0.176 e. The van der Waals surface area contributed by atoms with Crippen molar-refractivity contribution in [3.8, 4) is 34.1 Å². The van der Waals surface area contributed by atoms with Gasteiger partial charge in [-0.2, -0.15) is 0 Å². The van der Waals surface area contributed by atoms with Crippen LogP contribution in [0.4, 0.5) is 8.78 Å². The summed E-state index contributed by atoms with van der Waals surface area (Å²) in [5.74, 6) is -0.266. The van der Waals surface area contributed by atoms with Crippen LogP contribution in [0.25, 0.3) is 22.6 Å². The second kappa shape index (κ2) is 6.90. The van der Waals surface area contributed by atoms with Gasteiger partial charge in [-0.3, -0.25) is 0 Å². The van der Waals surface area contributed by atoms with E-state index in [4.69, 9.17) is 14.0 Å². The fraction of sp³-hybridized carbons (Fsp3) is 0.167. The minimum Gasteiger partial charge on any atom is -0.497 e. The van der Waals surface area contributed by atoms with E-state index in [1.54, 1.807) is 18.2 Å². The van der Waals surface area contributed by atoms with Gasteiger partial charge in [0.05, 0.1) is 32.0 Å². The lowest BCUT2D eigenvalue weighted by molar-refractivity contribution is 0.281. The summed E-state index contributed by atoms with van der Waals surface area (Å²) in [6, 6.07) is 8.14. The van der Waals surface area contributed by atoms with Crippen LogP contribution in [0.1, 0.15) is 5.56 Å². The highest BCUT2D eigenvalue weighted by molar-refractivity contribution is 5.76. The first kappa shape index (κ1) is 16.9. The molecule has 0 saturated carbocycles. The highest BCUT2D eigenvalue weighted by Crippen LogP contribution is 2.39. The van der Waals surface area contributed by atoms with Crippen molar-refractivity contribution in [1.82, 2.24) is 5.16 Å². The van der Waals surface area contributed by atoms with Crippen LogP contribution in [-0.2, 0) is 6.61 Å². The monoisotopic (exact) mass is 347 g/mol. The molecule has 0 spiro atoms. The minimum absolute atomic E-state index is 0.0299. The van der Waals surface area contributed by atoms with E-state index in [1.165, 1.54) is 20.3 Å². The number of ether oxygens (including phenoxy) is 2. The summed E-state index contributed by atoms with van der Waals surface area (Å²) in [6.45, 7) is -0.453. The molecule has 2 aromatic carbocycles. The van der Waals surface area contributed by atoms with Gasteiger partial charge in [-0.1, -0.05) is 5.16 Å². The number of nitrogens with zero attached hydrogens (tertiary/aromatic N) is 1. The van der Waals surface area contributed by atoms with Crippen molar-refractivity contribution >= 4 is 0 Å². The predicted molar refractivity (Wildman–Crippen MR) is 86.3 cm³/mol. The molecule has 0 bridgehead atoms. The molecule has 0 amide bonds. The lowest BCUT2D eigenvalue weighted by atomic mass is 10.0. The Balaban J connectivity index is 2.19. The molecule has 1 heterocycles. The fourth-order valence-electron chi connectivity index (χ4n) is 2.55. The summed E-state index contributed by atoms with van der Waals surface area (Å²) in [7, 11) is 3.00. The van der Waals surface area contributed by atoms with Gasteiger partial charge in [-0.25, -0.2) is 8.78 Å². The van der Waals surface area contributed by atoms with Gasteiger partial charge < -0.3 is 19.1 Å². The highest BCUT2D eigenvalue weighted by Gasteiger charge is 2.23. The lowest BCUT2D eigenvalue weighted by Gasteiger charge is -2.09. The zero-order valence-electron chi connectivity index (χ0n) is 13.5. The minimum atomic E-state index is -0.799. The third-order valence-electron chi connectivity index (χ3n) is 3.78. The summed E-state index contributed by atoms with van der Waals surface area (Å²) in [4.78, 5) is 0. The second-order valence-electron chi connectivity index (χ2n) is 5.19. The van der Waals surface area contributed by atoms with Gasteiger partial charge in [-0.05, 0) is 30.3 Å². The average Bonchev–Trinajstić information content (AvgIpc) is 3.04. The topological polar surface area (TPSA) is 64.7 Å². The number of aliphatic hydroxyl groups excluding tert-OH is 1. The average molecular weight is 347 g/mol.